The van der Waals surface area contributed by atoms with Crippen LogP contribution in [-0.2, 0) is 11.2 Å². The zero-order valence-corrected chi connectivity index (χ0v) is 11.3. The Morgan fingerprint density at radius 2 is 2.16 bits per heavy atom. The molecule has 1 aromatic heterocycles. The third-order valence-corrected chi connectivity index (χ3v) is 2.80. The van der Waals surface area contributed by atoms with Crippen LogP contribution in [0.15, 0.2) is 12.3 Å². The molecule has 0 radical (unpaired) electrons. The van der Waals surface area contributed by atoms with Crippen LogP contribution in [-0.4, -0.2) is 40.4 Å². The molecule has 2 rings (SSSR count). The van der Waals surface area contributed by atoms with E-state index in [-0.39, 0.29) is 0 Å². The van der Waals surface area contributed by atoms with Crippen LogP contribution in [0, 0.1) is 0 Å². The summed E-state index contributed by atoms with van der Waals surface area (Å²) < 4.78 is 5.30. The first kappa shape index (κ1) is 13.8. The highest BCUT2D eigenvalue weighted by molar-refractivity contribution is 6.59. The molecule has 0 spiro atoms. The molecular weight excluding hydrogens is 247 g/mol. The molecule has 0 aliphatic carbocycles. The van der Waals surface area contributed by atoms with E-state index >= 15 is 0 Å². The highest BCUT2D eigenvalue weighted by Gasteiger charge is 2.33. The van der Waals surface area contributed by atoms with Gasteiger partial charge >= 0.3 is 13.2 Å². The zero-order valence-electron chi connectivity index (χ0n) is 11.3. The topological polar surface area (TPSA) is 82.9 Å². The number of hydrogen-bond donors (Lipinski definition) is 2. The standard InChI is InChI=1S/C12H17BN2O4/c1-12(2,3)19-11(16)15-7-5-8-9(13(17)18)4-6-14-10(8)15/h4,6,17-18H,5,7H2,1-3H3. The molecular formula is C12H17BN2O4. The number of fused-ring (bicyclic) bond motifs is 1. The molecule has 1 aliphatic heterocycles. The molecule has 0 aromatic carbocycles. The Morgan fingerprint density at radius 1 is 1.47 bits per heavy atom. The summed E-state index contributed by atoms with van der Waals surface area (Å²) in [6.07, 6.45) is 1.52. The lowest BCUT2D eigenvalue weighted by Crippen LogP contribution is -2.36. The van der Waals surface area contributed by atoms with E-state index in [9.17, 15) is 14.8 Å². The van der Waals surface area contributed by atoms with E-state index in [0.717, 1.165) is 0 Å². The number of amides is 1. The zero-order chi connectivity index (χ0) is 14.2. The van der Waals surface area contributed by atoms with E-state index in [0.29, 0.717) is 29.8 Å². The summed E-state index contributed by atoms with van der Waals surface area (Å²) in [5, 5.41) is 18.6. The Bertz CT molecular complexity index is 499. The Balaban J connectivity index is 2.28. The fourth-order valence-electron chi connectivity index (χ4n) is 2.05. The van der Waals surface area contributed by atoms with E-state index in [4.69, 9.17) is 4.74 Å². The summed E-state index contributed by atoms with van der Waals surface area (Å²) in [7, 11) is -1.56. The number of carbonyl (C=O) groups is 1. The number of ether oxygens (including phenoxy) is 1. The second-order valence-corrected chi connectivity index (χ2v) is 5.46. The van der Waals surface area contributed by atoms with Crippen LogP contribution in [0.25, 0.3) is 0 Å². The lowest BCUT2D eigenvalue weighted by Gasteiger charge is -2.24. The molecule has 2 heterocycles. The maximum atomic E-state index is 12.0. The minimum atomic E-state index is -1.56. The summed E-state index contributed by atoms with van der Waals surface area (Å²) in [4.78, 5) is 17.6. The van der Waals surface area contributed by atoms with E-state index in [1.807, 2.05) is 0 Å². The molecule has 1 aromatic rings. The van der Waals surface area contributed by atoms with Gasteiger partial charge in [0.1, 0.15) is 11.4 Å². The predicted molar refractivity (Wildman–Crippen MR) is 71.3 cm³/mol. The van der Waals surface area contributed by atoms with Crippen molar-refractivity contribution in [2.24, 2.45) is 0 Å². The van der Waals surface area contributed by atoms with Gasteiger partial charge in [-0.25, -0.2) is 9.78 Å². The first-order chi connectivity index (χ1) is 8.79. The summed E-state index contributed by atoms with van der Waals surface area (Å²) >= 11 is 0. The first-order valence-electron chi connectivity index (χ1n) is 6.14. The van der Waals surface area contributed by atoms with Gasteiger partial charge in [0.15, 0.2) is 0 Å². The number of aromatic nitrogens is 1. The highest BCUT2D eigenvalue weighted by atomic mass is 16.6. The van der Waals surface area contributed by atoms with Crippen molar-refractivity contribution in [2.45, 2.75) is 32.8 Å². The fourth-order valence-corrected chi connectivity index (χ4v) is 2.05. The predicted octanol–water partition coefficient (Wildman–Crippen LogP) is 0.0590. The van der Waals surface area contributed by atoms with Crippen molar-refractivity contribution in [1.82, 2.24) is 4.98 Å². The van der Waals surface area contributed by atoms with Gasteiger partial charge in [0, 0.05) is 12.7 Å². The molecule has 7 heteroatoms. The molecule has 2 N–H and O–H groups in total. The second kappa shape index (κ2) is 4.83. The number of rotatable bonds is 1. The van der Waals surface area contributed by atoms with Crippen molar-refractivity contribution >= 4 is 24.5 Å². The van der Waals surface area contributed by atoms with Crippen molar-refractivity contribution in [1.29, 1.82) is 0 Å². The number of hydrogen-bond acceptors (Lipinski definition) is 5. The Kier molecular flexibility index (Phi) is 3.51. The Labute approximate surface area is 112 Å². The van der Waals surface area contributed by atoms with Crippen molar-refractivity contribution in [3.8, 4) is 0 Å². The Hall–Kier alpha value is -1.60. The van der Waals surface area contributed by atoms with Crippen LogP contribution in [0.2, 0.25) is 0 Å². The van der Waals surface area contributed by atoms with Crippen LogP contribution < -0.4 is 10.4 Å². The number of pyridine rings is 1. The average Bonchev–Trinajstić information content (AvgIpc) is 2.69. The third kappa shape index (κ3) is 2.88. The van der Waals surface area contributed by atoms with Gasteiger partial charge in [-0.05, 0) is 44.3 Å². The quantitative estimate of drug-likeness (QED) is 0.701. The molecule has 0 unspecified atom stereocenters. The fraction of sp³-hybridized carbons (Fsp3) is 0.500. The van der Waals surface area contributed by atoms with Crippen LogP contribution in [0.1, 0.15) is 26.3 Å². The smallest absolute Gasteiger partial charge is 0.443 e. The summed E-state index contributed by atoms with van der Waals surface area (Å²) in [5.41, 5.74) is 0.493. The van der Waals surface area contributed by atoms with E-state index in [1.54, 1.807) is 26.8 Å². The minimum Gasteiger partial charge on any atom is -0.443 e. The third-order valence-electron chi connectivity index (χ3n) is 2.80. The maximum Gasteiger partial charge on any atom is 0.488 e. The largest absolute Gasteiger partial charge is 0.488 e. The molecule has 102 valence electrons. The van der Waals surface area contributed by atoms with Gasteiger partial charge in [-0.1, -0.05) is 0 Å². The van der Waals surface area contributed by atoms with Crippen molar-refractivity contribution in [3.63, 3.8) is 0 Å². The van der Waals surface area contributed by atoms with Gasteiger partial charge in [0.2, 0.25) is 0 Å². The van der Waals surface area contributed by atoms with Gasteiger partial charge in [-0.15, -0.1) is 0 Å². The lowest BCUT2D eigenvalue weighted by atomic mass is 9.77. The van der Waals surface area contributed by atoms with Gasteiger partial charge < -0.3 is 14.8 Å². The van der Waals surface area contributed by atoms with E-state index < -0.39 is 18.8 Å². The monoisotopic (exact) mass is 264 g/mol. The number of anilines is 1. The summed E-state index contributed by atoms with van der Waals surface area (Å²) in [5.74, 6) is 0.444. The van der Waals surface area contributed by atoms with E-state index in [1.165, 1.54) is 11.1 Å². The maximum absolute atomic E-state index is 12.0. The molecule has 1 amide bonds. The molecule has 0 atom stereocenters. The van der Waals surface area contributed by atoms with Crippen molar-refractivity contribution in [3.05, 3.63) is 17.8 Å². The normalized spacial score (nSPS) is 14.3. The average molecular weight is 264 g/mol. The molecule has 0 fully saturated rings. The molecule has 0 saturated carbocycles. The van der Waals surface area contributed by atoms with Gasteiger partial charge in [-0.2, -0.15) is 0 Å². The van der Waals surface area contributed by atoms with Gasteiger partial charge in [0.25, 0.3) is 0 Å². The van der Waals surface area contributed by atoms with Gasteiger partial charge in [0.05, 0.1) is 0 Å². The van der Waals surface area contributed by atoms with Gasteiger partial charge in [-0.3, -0.25) is 4.90 Å². The molecule has 1 aliphatic rings. The number of carbonyl (C=O) groups excluding carboxylic acids is 1. The molecule has 0 bridgehead atoms. The highest BCUT2D eigenvalue weighted by Crippen LogP contribution is 2.25. The number of nitrogens with zero attached hydrogens (tertiary/aromatic N) is 2. The van der Waals surface area contributed by atoms with Crippen molar-refractivity contribution < 1.29 is 19.6 Å². The summed E-state index contributed by atoms with van der Waals surface area (Å²) in [6, 6.07) is 1.54. The van der Waals surface area contributed by atoms with Crippen LogP contribution >= 0.6 is 0 Å². The summed E-state index contributed by atoms with van der Waals surface area (Å²) in [6.45, 7) is 5.82. The Morgan fingerprint density at radius 3 is 2.74 bits per heavy atom. The van der Waals surface area contributed by atoms with Crippen molar-refractivity contribution in [2.75, 3.05) is 11.4 Å². The molecule has 6 nitrogen and oxygen atoms in total. The van der Waals surface area contributed by atoms with Crippen LogP contribution in [0.3, 0.4) is 0 Å². The van der Waals surface area contributed by atoms with Crippen LogP contribution in [0.4, 0.5) is 10.6 Å². The minimum absolute atomic E-state index is 0.385. The SMILES string of the molecule is CC(C)(C)OC(=O)N1CCc2c(B(O)O)ccnc21. The first-order valence-corrected chi connectivity index (χ1v) is 6.14. The van der Waals surface area contributed by atoms with E-state index in [2.05, 4.69) is 4.98 Å². The molecule has 19 heavy (non-hydrogen) atoms. The van der Waals surface area contributed by atoms with Crippen LogP contribution in [0.5, 0.6) is 0 Å². The molecule has 0 saturated heterocycles. The second-order valence-electron chi connectivity index (χ2n) is 5.46. The lowest BCUT2D eigenvalue weighted by molar-refractivity contribution is 0.0583.